The van der Waals surface area contributed by atoms with Crippen LogP contribution in [0.4, 0.5) is 5.69 Å². The number of nitrogens with one attached hydrogen (secondary N) is 1. The summed E-state index contributed by atoms with van der Waals surface area (Å²) < 4.78 is 1.69. The molecule has 1 aromatic heterocycles. The van der Waals surface area contributed by atoms with Gasteiger partial charge < -0.3 is 5.32 Å². The second-order valence-corrected chi connectivity index (χ2v) is 5.78. The number of carbonyl (C=O) groups excluding carboxylic acids is 1. The fraction of sp³-hybridized carbons (Fsp3) is 0.167. The van der Waals surface area contributed by atoms with Crippen molar-refractivity contribution in [1.29, 1.82) is 0 Å². The number of anilines is 1. The van der Waals surface area contributed by atoms with Crippen LogP contribution in [0.1, 0.15) is 29.5 Å². The molecule has 3 rings (SSSR count). The first-order valence-electron chi connectivity index (χ1n) is 7.76. The summed E-state index contributed by atoms with van der Waals surface area (Å²) in [6.07, 6.45) is 1.58. The summed E-state index contributed by atoms with van der Waals surface area (Å²) in [5, 5.41) is 11.8. The number of nitrogens with zero attached hydrogens (tertiary/aromatic N) is 3. The molecule has 1 N–H and O–H groups in total. The molecule has 0 spiro atoms. The van der Waals surface area contributed by atoms with Gasteiger partial charge in [0.05, 0.1) is 11.4 Å². The molecule has 0 bridgehead atoms. The molecule has 6 heteroatoms. The first kappa shape index (κ1) is 16.2. The average molecular weight is 341 g/mol. The van der Waals surface area contributed by atoms with E-state index in [1.807, 2.05) is 42.5 Å². The van der Waals surface area contributed by atoms with Crippen LogP contribution in [-0.2, 0) is 6.42 Å². The van der Waals surface area contributed by atoms with E-state index in [0.717, 1.165) is 23.5 Å². The maximum Gasteiger partial charge on any atom is 0.278 e. The summed E-state index contributed by atoms with van der Waals surface area (Å²) in [5.74, 6) is -0.259. The molecule has 0 unspecified atom stereocenters. The smallest absolute Gasteiger partial charge is 0.278 e. The van der Waals surface area contributed by atoms with E-state index in [-0.39, 0.29) is 5.91 Å². The van der Waals surface area contributed by atoms with Crippen LogP contribution < -0.4 is 5.32 Å². The predicted octanol–water partition coefficient (Wildman–Crippen LogP) is 4.13. The lowest BCUT2D eigenvalue weighted by atomic mass is 10.2. The minimum atomic E-state index is -0.259. The van der Waals surface area contributed by atoms with E-state index in [0.29, 0.717) is 17.1 Å². The Morgan fingerprint density at radius 2 is 1.83 bits per heavy atom. The van der Waals surface area contributed by atoms with Gasteiger partial charge in [-0.1, -0.05) is 48.4 Å². The molecular formula is C18H17ClN4O. The van der Waals surface area contributed by atoms with Crippen molar-refractivity contribution in [1.82, 2.24) is 15.0 Å². The summed E-state index contributed by atoms with van der Waals surface area (Å²) in [6.45, 7) is 2.05. The zero-order valence-corrected chi connectivity index (χ0v) is 14.0. The van der Waals surface area contributed by atoms with Crippen molar-refractivity contribution in [3.8, 4) is 5.69 Å². The number of benzene rings is 2. The zero-order valence-electron chi connectivity index (χ0n) is 13.2. The third-order valence-corrected chi connectivity index (χ3v) is 3.82. The highest BCUT2D eigenvalue weighted by atomic mass is 35.5. The van der Waals surface area contributed by atoms with Gasteiger partial charge in [-0.2, -0.15) is 0 Å². The Morgan fingerprint density at radius 3 is 2.50 bits per heavy atom. The molecule has 0 saturated carbocycles. The Labute approximate surface area is 145 Å². The van der Waals surface area contributed by atoms with E-state index < -0.39 is 0 Å². The number of amides is 1. The zero-order chi connectivity index (χ0) is 16.9. The van der Waals surface area contributed by atoms with Crippen LogP contribution in [0.5, 0.6) is 0 Å². The molecule has 1 amide bonds. The quantitative estimate of drug-likeness (QED) is 0.759. The van der Waals surface area contributed by atoms with Gasteiger partial charge in [-0.05, 0) is 42.8 Å². The Balaban J connectivity index is 1.93. The maximum absolute atomic E-state index is 12.6. The molecule has 0 aliphatic rings. The van der Waals surface area contributed by atoms with E-state index in [2.05, 4.69) is 22.6 Å². The summed E-state index contributed by atoms with van der Waals surface area (Å²) in [4.78, 5) is 12.6. The Hall–Kier alpha value is -2.66. The molecule has 0 radical (unpaired) electrons. The SMILES string of the molecule is CCCc1c(C(=O)Nc2ccccc2)nnn1-c1ccc(Cl)cc1. The number of aromatic nitrogens is 3. The van der Waals surface area contributed by atoms with Gasteiger partial charge in [-0.25, -0.2) is 4.68 Å². The molecule has 0 fully saturated rings. The fourth-order valence-corrected chi connectivity index (χ4v) is 2.57. The molecule has 0 aliphatic heterocycles. The number of rotatable bonds is 5. The number of hydrogen-bond donors (Lipinski definition) is 1. The lowest BCUT2D eigenvalue weighted by Gasteiger charge is -2.08. The van der Waals surface area contributed by atoms with Crippen LogP contribution in [0.2, 0.25) is 5.02 Å². The molecule has 2 aromatic carbocycles. The summed E-state index contributed by atoms with van der Waals surface area (Å²) in [7, 11) is 0. The van der Waals surface area contributed by atoms with Crippen molar-refractivity contribution in [2.24, 2.45) is 0 Å². The highest BCUT2D eigenvalue weighted by Crippen LogP contribution is 2.18. The summed E-state index contributed by atoms with van der Waals surface area (Å²) in [5.41, 5.74) is 2.68. The molecule has 5 nitrogen and oxygen atoms in total. The third kappa shape index (κ3) is 3.46. The van der Waals surface area contributed by atoms with Crippen LogP contribution in [0.25, 0.3) is 5.69 Å². The number of para-hydroxylation sites is 1. The monoisotopic (exact) mass is 340 g/mol. The third-order valence-electron chi connectivity index (χ3n) is 3.57. The highest BCUT2D eigenvalue weighted by Gasteiger charge is 2.20. The lowest BCUT2D eigenvalue weighted by Crippen LogP contribution is -2.15. The first-order chi connectivity index (χ1) is 11.7. The fourth-order valence-electron chi connectivity index (χ4n) is 2.44. The van der Waals surface area contributed by atoms with Gasteiger partial charge in [-0.3, -0.25) is 4.79 Å². The molecule has 3 aromatic rings. The Morgan fingerprint density at radius 1 is 1.12 bits per heavy atom. The average Bonchev–Trinajstić information content (AvgIpc) is 3.01. The van der Waals surface area contributed by atoms with Crippen molar-refractivity contribution in [3.63, 3.8) is 0 Å². The number of halogens is 1. The number of hydrogen-bond acceptors (Lipinski definition) is 3. The van der Waals surface area contributed by atoms with Crippen molar-refractivity contribution in [3.05, 3.63) is 71.0 Å². The van der Waals surface area contributed by atoms with Crippen molar-refractivity contribution >= 4 is 23.2 Å². The van der Waals surface area contributed by atoms with Crippen LogP contribution in [-0.4, -0.2) is 20.9 Å². The van der Waals surface area contributed by atoms with Crippen LogP contribution in [0.15, 0.2) is 54.6 Å². The first-order valence-corrected chi connectivity index (χ1v) is 8.13. The lowest BCUT2D eigenvalue weighted by molar-refractivity contribution is 0.102. The highest BCUT2D eigenvalue weighted by molar-refractivity contribution is 6.30. The Bertz CT molecular complexity index is 828. The molecule has 122 valence electrons. The molecular weight excluding hydrogens is 324 g/mol. The second kappa shape index (κ2) is 7.27. The van der Waals surface area contributed by atoms with Crippen molar-refractivity contribution in [2.45, 2.75) is 19.8 Å². The maximum atomic E-state index is 12.6. The molecule has 0 atom stereocenters. The van der Waals surface area contributed by atoms with E-state index >= 15 is 0 Å². The molecule has 0 saturated heterocycles. The molecule has 0 aliphatic carbocycles. The van der Waals surface area contributed by atoms with Gasteiger partial charge in [0.2, 0.25) is 0 Å². The minimum absolute atomic E-state index is 0.259. The van der Waals surface area contributed by atoms with Gasteiger partial charge in [0.15, 0.2) is 5.69 Å². The van der Waals surface area contributed by atoms with E-state index in [4.69, 9.17) is 11.6 Å². The topological polar surface area (TPSA) is 59.8 Å². The van der Waals surface area contributed by atoms with Crippen molar-refractivity contribution in [2.75, 3.05) is 5.32 Å². The van der Waals surface area contributed by atoms with Crippen LogP contribution >= 0.6 is 11.6 Å². The summed E-state index contributed by atoms with van der Waals surface area (Å²) >= 11 is 5.94. The predicted molar refractivity (Wildman–Crippen MR) is 94.8 cm³/mol. The number of carbonyl (C=O) groups is 1. The summed E-state index contributed by atoms with van der Waals surface area (Å²) in [6, 6.07) is 16.6. The van der Waals surface area contributed by atoms with Gasteiger partial charge in [0.1, 0.15) is 0 Å². The standard InChI is InChI=1S/C18H17ClN4O/c1-2-6-16-17(18(24)20-14-7-4-3-5-8-14)21-22-23(16)15-11-9-13(19)10-12-15/h3-5,7-12H,2,6H2,1H3,(H,20,24). The minimum Gasteiger partial charge on any atom is -0.321 e. The second-order valence-electron chi connectivity index (χ2n) is 5.34. The normalized spacial score (nSPS) is 10.6. The van der Waals surface area contributed by atoms with Gasteiger partial charge in [0.25, 0.3) is 5.91 Å². The van der Waals surface area contributed by atoms with Gasteiger partial charge >= 0.3 is 0 Å². The Kier molecular flexibility index (Phi) is 4.91. The van der Waals surface area contributed by atoms with E-state index in [9.17, 15) is 4.79 Å². The van der Waals surface area contributed by atoms with E-state index in [1.165, 1.54) is 0 Å². The molecule has 24 heavy (non-hydrogen) atoms. The van der Waals surface area contributed by atoms with Crippen LogP contribution in [0, 0.1) is 0 Å². The largest absolute Gasteiger partial charge is 0.321 e. The van der Waals surface area contributed by atoms with Gasteiger partial charge in [0, 0.05) is 10.7 Å². The van der Waals surface area contributed by atoms with Crippen molar-refractivity contribution < 1.29 is 4.79 Å². The molecule has 1 heterocycles. The van der Waals surface area contributed by atoms with E-state index in [1.54, 1.807) is 16.8 Å². The van der Waals surface area contributed by atoms with Crippen LogP contribution in [0.3, 0.4) is 0 Å². The van der Waals surface area contributed by atoms with Gasteiger partial charge in [-0.15, -0.1) is 5.10 Å².